The van der Waals surface area contributed by atoms with Crippen LogP contribution in [0.3, 0.4) is 0 Å². The van der Waals surface area contributed by atoms with Crippen LogP contribution in [0.2, 0.25) is 0 Å². The first-order valence-corrected chi connectivity index (χ1v) is 20.8. The predicted octanol–water partition coefficient (Wildman–Crippen LogP) is 4.33. The van der Waals surface area contributed by atoms with Crippen molar-refractivity contribution >= 4 is 92.6 Å². The molecule has 238 valence electrons. The molecule has 1 unspecified atom stereocenters. The van der Waals surface area contributed by atoms with E-state index in [-0.39, 0.29) is 0 Å². The Morgan fingerprint density at radius 2 is 1.04 bits per heavy atom. The number of rotatable bonds is 19. The molecule has 3 N–H and O–H groups in total. The molecule has 45 heavy (non-hydrogen) atoms. The van der Waals surface area contributed by atoms with Crippen LogP contribution in [0.25, 0.3) is 0 Å². The Labute approximate surface area is 288 Å². The molecule has 4 rings (SSSR count). The third-order valence-corrected chi connectivity index (χ3v) is 15.6. The molecule has 0 aliphatic carbocycles. The van der Waals surface area contributed by atoms with Gasteiger partial charge in [-0.05, 0) is 89.0 Å². The van der Waals surface area contributed by atoms with E-state index in [4.69, 9.17) is 8.92 Å². The molecule has 0 aromatic carbocycles. The van der Waals surface area contributed by atoms with Crippen LogP contribution in [-0.4, -0.2) is 90.7 Å². The zero-order chi connectivity index (χ0) is 31.8. The fraction of sp³-hybridized carbons (Fsp3) is 0.261. The molecule has 0 amide bonds. The molecule has 4 heterocycles. The molecule has 22 heteroatoms. The monoisotopic (exact) mass is 762 g/mol. The minimum absolute atomic E-state index is 0.328. The number of aromatic nitrogens is 8. The van der Waals surface area contributed by atoms with Gasteiger partial charge in [-0.1, -0.05) is 0 Å². The Balaban J connectivity index is 1.78. The van der Waals surface area contributed by atoms with Crippen molar-refractivity contribution in [1.29, 1.82) is 0 Å². The van der Waals surface area contributed by atoms with Gasteiger partial charge in [0.1, 0.15) is 12.0 Å². The van der Waals surface area contributed by atoms with Crippen LogP contribution < -0.4 is 0 Å². The molecule has 0 fully saturated rings. The van der Waals surface area contributed by atoms with Crippen molar-refractivity contribution in [2.24, 2.45) is 5.41 Å². The first-order chi connectivity index (χ1) is 22.0. The number of carbonyl (C=O) groups is 1. The summed E-state index contributed by atoms with van der Waals surface area (Å²) in [7, 11) is 7.46. The molecule has 14 nitrogen and oxygen atoms in total. The van der Waals surface area contributed by atoms with E-state index in [1.807, 2.05) is 0 Å². The van der Waals surface area contributed by atoms with E-state index < -0.39 is 40.9 Å². The van der Waals surface area contributed by atoms with Gasteiger partial charge >= 0.3 is 5.97 Å². The number of nitrogens with zero attached hydrogens (tertiary/aromatic N) is 8. The molecule has 0 spiro atoms. The second-order valence-corrected chi connectivity index (χ2v) is 16.7. The Bertz CT molecular complexity index is 1390. The molecule has 1 atom stereocenters. The minimum Gasteiger partial charge on any atom is -0.448 e. The summed E-state index contributed by atoms with van der Waals surface area (Å²) in [6.45, 7) is -2.45. The third-order valence-electron chi connectivity index (χ3n) is 5.08. The lowest BCUT2D eigenvalue weighted by Crippen LogP contribution is -2.56. The van der Waals surface area contributed by atoms with Crippen LogP contribution in [-0.2, 0) is 13.7 Å². The van der Waals surface area contributed by atoms with Crippen molar-refractivity contribution in [3.8, 4) is 0 Å². The number of carbonyl (C=O) groups excluding carboxylic acids is 1. The highest BCUT2D eigenvalue weighted by molar-refractivity contribution is 8.86. The number of ether oxygens (including phenoxy) is 1. The van der Waals surface area contributed by atoms with Crippen LogP contribution in [0.1, 0.15) is 0 Å². The molecule has 4 aromatic rings. The average Bonchev–Trinajstić information content (AvgIpc) is 3.10. The Hall–Kier alpha value is -1.57. The van der Waals surface area contributed by atoms with E-state index in [2.05, 4.69) is 39.9 Å². The highest BCUT2D eigenvalue weighted by Crippen LogP contribution is 2.66. The molecule has 4 aromatic heterocycles. The lowest BCUT2D eigenvalue weighted by Gasteiger charge is -2.47. The predicted molar refractivity (Wildman–Crippen MR) is 179 cm³/mol. The maximum Gasteiger partial charge on any atom is 0.332 e. The number of aliphatic hydroxyl groups excluding tert-OH is 3. The fourth-order valence-corrected chi connectivity index (χ4v) is 14.0. The van der Waals surface area contributed by atoms with Gasteiger partial charge in [-0.15, -0.1) is 0 Å². The summed E-state index contributed by atoms with van der Waals surface area (Å²) < 4.78 is 10.5. The molecule has 0 aliphatic heterocycles. The molecule has 0 saturated heterocycles. The summed E-state index contributed by atoms with van der Waals surface area (Å²) >= 11 is 0.887. The summed E-state index contributed by atoms with van der Waals surface area (Å²) in [6, 6.07) is 6.65. The van der Waals surface area contributed by atoms with Gasteiger partial charge in [-0.25, -0.2) is 44.7 Å². The van der Waals surface area contributed by atoms with Crippen molar-refractivity contribution in [1.82, 2.24) is 39.9 Å². The van der Waals surface area contributed by atoms with E-state index in [1.54, 1.807) is 73.8 Å². The lowest BCUT2D eigenvalue weighted by atomic mass is 9.91. The Kier molecular flexibility index (Phi) is 15.6. The van der Waals surface area contributed by atoms with Crippen LogP contribution >= 0.6 is 86.6 Å². The largest absolute Gasteiger partial charge is 0.448 e. The molecule has 0 radical (unpaired) electrons. The molecule has 0 aliphatic rings. The third kappa shape index (κ3) is 10.5. The van der Waals surface area contributed by atoms with E-state index in [0.29, 0.717) is 20.6 Å². The SMILES string of the molecule is O=C(CO)OC(SSc1ncccn1)C(CO)(CO)C(OSSc1ncccn1)(SSc1ncccn1)SSc1ncccn1. The summed E-state index contributed by atoms with van der Waals surface area (Å²) in [5.41, 5.74) is -3.14. The summed E-state index contributed by atoms with van der Waals surface area (Å²) in [5.74, 6) is -0.991. The molecule has 0 bridgehead atoms. The Morgan fingerprint density at radius 1 is 0.644 bits per heavy atom. The number of hydrogen-bond acceptors (Lipinski definition) is 22. The van der Waals surface area contributed by atoms with E-state index in [1.165, 1.54) is 0 Å². The number of esters is 1. The minimum atomic E-state index is -1.80. The van der Waals surface area contributed by atoms with Gasteiger partial charge in [-0.3, -0.25) is 4.18 Å². The second kappa shape index (κ2) is 19.3. The van der Waals surface area contributed by atoms with Crippen molar-refractivity contribution in [2.75, 3.05) is 19.8 Å². The van der Waals surface area contributed by atoms with Gasteiger partial charge in [0.15, 0.2) is 26.1 Å². The summed E-state index contributed by atoms with van der Waals surface area (Å²) in [5, 5.41) is 33.4. The summed E-state index contributed by atoms with van der Waals surface area (Å²) in [4.78, 5) is 46.5. The zero-order valence-electron chi connectivity index (χ0n) is 22.5. The molecular weight excluding hydrogens is 741 g/mol. The van der Waals surface area contributed by atoms with E-state index in [0.717, 1.165) is 86.6 Å². The van der Waals surface area contributed by atoms with E-state index >= 15 is 0 Å². The van der Waals surface area contributed by atoms with Crippen molar-refractivity contribution in [2.45, 2.75) is 30.3 Å². The first-order valence-electron chi connectivity index (χ1n) is 12.2. The molecule has 0 saturated carbocycles. The summed E-state index contributed by atoms with van der Waals surface area (Å²) in [6.07, 6.45) is 12.5. The van der Waals surface area contributed by atoms with Crippen LogP contribution in [0.15, 0.2) is 94.5 Å². The highest BCUT2D eigenvalue weighted by Gasteiger charge is 2.62. The molecular formula is C23H22N8O6S8. The smallest absolute Gasteiger partial charge is 0.332 e. The van der Waals surface area contributed by atoms with Gasteiger partial charge in [0.25, 0.3) is 0 Å². The van der Waals surface area contributed by atoms with Gasteiger partial charge < -0.3 is 20.1 Å². The normalized spacial score (nSPS) is 12.5. The van der Waals surface area contributed by atoms with Crippen LogP contribution in [0, 0.1) is 5.41 Å². The first kappa shape index (κ1) is 36.3. The van der Waals surface area contributed by atoms with Crippen molar-refractivity contribution < 1.29 is 29.0 Å². The maximum atomic E-state index is 12.6. The zero-order valence-corrected chi connectivity index (χ0v) is 29.1. The Morgan fingerprint density at radius 3 is 1.44 bits per heavy atom. The quantitative estimate of drug-likeness (QED) is 0.0401. The topological polar surface area (TPSA) is 199 Å². The second-order valence-electron chi connectivity index (χ2n) is 7.88. The standard InChI is InChI=1S/C23H22N8O6S8/c32-13-16(35)36-17(38-39-18-24-5-1-6-25-18)22(14-33,15-34)23(43-40-19-26-7-2-8-27-19,44-41-20-28-9-3-10-29-20)37-45-42-21-30-11-4-12-31-21/h1-12,17,32-34H,13-15H2. The average molecular weight is 763 g/mol. The lowest BCUT2D eigenvalue weighted by molar-refractivity contribution is -0.159. The van der Waals surface area contributed by atoms with E-state index in [9.17, 15) is 20.1 Å². The van der Waals surface area contributed by atoms with Crippen LogP contribution in [0.4, 0.5) is 0 Å². The van der Waals surface area contributed by atoms with Gasteiger partial charge in [0, 0.05) is 60.4 Å². The van der Waals surface area contributed by atoms with Crippen LogP contribution in [0.5, 0.6) is 0 Å². The van der Waals surface area contributed by atoms with Gasteiger partial charge in [-0.2, -0.15) is 0 Å². The van der Waals surface area contributed by atoms with Gasteiger partial charge in [0.2, 0.25) is 4.27 Å². The maximum absolute atomic E-state index is 12.6. The number of aliphatic hydroxyl groups is 3. The van der Waals surface area contributed by atoms with Crippen molar-refractivity contribution in [3.63, 3.8) is 0 Å². The fourth-order valence-electron chi connectivity index (χ4n) is 2.89. The highest BCUT2D eigenvalue weighted by atomic mass is 33.1. The van der Waals surface area contributed by atoms with Gasteiger partial charge in [0.05, 0.1) is 24.3 Å². The number of hydrogen-bond donors (Lipinski definition) is 3. The van der Waals surface area contributed by atoms with Crippen molar-refractivity contribution in [3.05, 3.63) is 73.8 Å².